The van der Waals surface area contributed by atoms with Crippen LogP contribution >= 0.6 is 0 Å². The number of aromatic nitrogens is 3. The number of nitrogens with one attached hydrogen (secondary N) is 1. The average molecular weight is 335 g/mol. The van der Waals surface area contributed by atoms with E-state index in [1.165, 1.54) is 24.8 Å². The Morgan fingerprint density at radius 2 is 2.08 bits per heavy atom. The largest absolute Gasteiger partial charge is 0.247 e. The molecule has 3 aliphatic carbocycles. The van der Waals surface area contributed by atoms with Gasteiger partial charge < -0.3 is 0 Å². The molecule has 1 aromatic carbocycles. The normalized spacial score (nSPS) is 37.7. The van der Waals surface area contributed by atoms with Crippen LogP contribution in [0, 0.1) is 23.7 Å². The Bertz CT molecular complexity index is 845. The van der Waals surface area contributed by atoms with E-state index in [0.29, 0.717) is 12.5 Å². The lowest BCUT2D eigenvalue weighted by Gasteiger charge is -2.51. The summed E-state index contributed by atoms with van der Waals surface area (Å²) in [6.07, 6.45) is 7.17. The zero-order valence-electron chi connectivity index (χ0n) is 14.0. The number of nitrogens with zero attached hydrogens (tertiary/aromatic N) is 4. The van der Waals surface area contributed by atoms with E-state index in [4.69, 9.17) is 9.83 Å². The zero-order valence-corrected chi connectivity index (χ0v) is 14.0. The van der Waals surface area contributed by atoms with Crippen LogP contribution in [0.15, 0.2) is 41.5 Å². The number of amidine groups is 1. The predicted molar refractivity (Wildman–Crippen MR) is 91.5 cm³/mol. The molecule has 0 amide bonds. The molecular formula is C19H21N5O. The minimum Gasteiger partial charge on any atom is -0.247 e. The highest BCUT2D eigenvalue weighted by Gasteiger charge is 2.67. The first-order valence-corrected chi connectivity index (χ1v) is 9.29. The lowest BCUT2D eigenvalue weighted by atomic mass is 9.60. The summed E-state index contributed by atoms with van der Waals surface area (Å²) >= 11 is 0. The lowest BCUT2D eigenvalue weighted by molar-refractivity contribution is -0.197. The fourth-order valence-electron chi connectivity index (χ4n) is 5.69. The third kappa shape index (κ3) is 1.97. The van der Waals surface area contributed by atoms with Gasteiger partial charge in [-0.2, -0.15) is 0 Å². The summed E-state index contributed by atoms with van der Waals surface area (Å²) in [5, 5.41) is 8.53. The van der Waals surface area contributed by atoms with Crippen LogP contribution in [0.2, 0.25) is 0 Å². The Morgan fingerprint density at radius 1 is 1.20 bits per heavy atom. The van der Waals surface area contributed by atoms with Crippen LogP contribution in [0.3, 0.4) is 0 Å². The highest BCUT2D eigenvalue weighted by molar-refractivity contribution is 5.97. The topological polar surface area (TPSA) is 64.3 Å². The first-order valence-electron chi connectivity index (χ1n) is 9.29. The summed E-state index contributed by atoms with van der Waals surface area (Å²) < 4.78 is 1.85. The number of hydrogen-bond donors (Lipinski definition) is 1. The van der Waals surface area contributed by atoms with Gasteiger partial charge in [-0.3, -0.25) is 0 Å². The van der Waals surface area contributed by atoms with Crippen molar-refractivity contribution in [1.82, 2.24) is 20.5 Å². The van der Waals surface area contributed by atoms with Crippen molar-refractivity contribution in [2.45, 2.75) is 38.0 Å². The first kappa shape index (κ1) is 14.0. The second kappa shape index (κ2) is 4.91. The molecule has 2 bridgehead atoms. The maximum absolute atomic E-state index is 6.01. The Balaban J connectivity index is 1.23. The van der Waals surface area contributed by atoms with Crippen molar-refractivity contribution in [3.63, 3.8) is 0 Å². The van der Waals surface area contributed by atoms with Gasteiger partial charge in [-0.15, -0.1) is 5.10 Å². The van der Waals surface area contributed by atoms with E-state index >= 15 is 0 Å². The SMILES string of the molecule is c1ccc(Cn2cc(C3=NC4(CC5C6CCC(C6)C54)ON3)nn2)cc1. The van der Waals surface area contributed by atoms with Crippen LogP contribution < -0.4 is 5.48 Å². The molecular weight excluding hydrogens is 314 g/mol. The number of hydroxylamine groups is 1. The fourth-order valence-corrected chi connectivity index (χ4v) is 5.69. The van der Waals surface area contributed by atoms with Crippen molar-refractivity contribution in [3.8, 4) is 0 Å². The molecule has 1 N–H and O–H groups in total. The van der Waals surface area contributed by atoms with Gasteiger partial charge in [0, 0.05) is 12.3 Å². The van der Waals surface area contributed by atoms with E-state index < -0.39 is 0 Å². The summed E-state index contributed by atoms with van der Waals surface area (Å²) in [4.78, 5) is 11.0. The minimum absolute atomic E-state index is 0.330. The average Bonchev–Trinajstić information content (AvgIpc) is 3.37. The van der Waals surface area contributed by atoms with Crippen LogP contribution in [0.25, 0.3) is 0 Å². The number of fused-ring (bicyclic) bond motifs is 6. The summed E-state index contributed by atoms with van der Waals surface area (Å²) in [5.74, 6) is 3.91. The second-order valence-corrected chi connectivity index (χ2v) is 8.02. The van der Waals surface area contributed by atoms with Crippen molar-refractivity contribution in [2.24, 2.45) is 28.7 Å². The van der Waals surface area contributed by atoms with Crippen molar-refractivity contribution in [2.75, 3.05) is 0 Å². The molecule has 4 aliphatic rings. The summed E-state index contributed by atoms with van der Waals surface area (Å²) in [7, 11) is 0. The van der Waals surface area contributed by atoms with E-state index in [0.717, 1.165) is 35.7 Å². The molecule has 0 saturated heterocycles. The quantitative estimate of drug-likeness (QED) is 0.935. The molecule has 3 fully saturated rings. The van der Waals surface area contributed by atoms with Gasteiger partial charge in [0.25, 0.3) is 0 Å². The molecule has 0 radical (unpaired) electrons. The molecule has 128 valence electrons. The van der Waals surface area contributed by atoms with Crippen LogP contribution in [0.5, 0.6) is 0 Å². The van der Waals surface area contributed by atoms with Gasteiger partial charge in [0.05, 0.1) is 12.7 Å². The Morgan fingerprint density at radius 3 is 2.96 bits per heavy atom. The second-order valence-electron chi connectivity index (χ2n) is 8.02. The molecule has 6 heteroatoms. The molecule has 2 heterocycles. The van der Waals surface area contributed by atoms with Crippen molar-refractivity contribution < 1.29 is 4.84 Å². The highest BCUT2D eigenvalue weighted by Crippen LogP contribution is 2.67. The smallest absolute Gasteiger partial charge is 0.191 e. The molecule has 3 saturated carbocycles. The predicted octanol–water partition coefficient (Wildman–Crippen LogP) is 2.37. The molecule has 5 unspecified atom stereocenters. The molecule has 6 nitrogen and oxygen atoms in total. The number of hydrogen-bond acceptors (Lipinski definition) is 5. The highest BCUT2D eigenvalue weighted by atomic mass is 16.7. The molecule has 1 aromatic heterocycles. The van der Waals surface area contributed by atoms with Crippen LogP contribution in [-0.2, 0) is 11.4 Å². The van der Waals surface area contributed by atoms with Crippen LogP contribution in [0.4, 0.5) is 0 Å². The zero-order chi connectivity index (χ0) is 16.4. The van der Waals surface area contributed by atoms with E-state index in [1.54, 1.807) is 0 Å². The van der Waals surface area contributed by atoms with Gasteiger partial charge in [-0.05, 0) is 42.6 Å². The molecule has 2 aromatic rings. The van der Waals surface area contributed by atoms with E-state index in [2.05, 4.69) is 27.9 Å². The van der Waals surface area contributed by atoms with Gasteiger partial charge in [0.1, 0.15) is 5.69 Å². The van der Waals surface area contributed by atoms with Crippen molar-refractivity contribution >= 4 is 5.84 Å². The number of benzene rings is 1. The molecule has 5 atom stereocenters. The summed E-state index contributed by atoms with van der Waals surface area (Å²) in [6.45, 7) is 0.710. The molecule has 25 heavy (non-hydrogen) atoms. The fraction of sp³-hybridized carbons (Fsp3) is 0.526. The van der Waals surface area contributed by atoms with Gasteiger partial charge >= 0.3 is 0 Å². The Kier molecular flexibility index (Phi) is 2.75. The number of rotatable bonds is 3. The third-order valence-electron chi connectivity index (χ3n) is 6.73. The van der Waals surface area contributed by atoms with Gasteiger partial charge in [0.15, 0.2) is 11.6 Å². The maximum Gasteiger partial charge on any atom is 0.191 e. The molecule has 1 aliphatic heterocycles. The van der Waals surface area contributed by atoms with E-state index in [1.807, 2.05) is 29.1 Å². The monoisotopic (exact) mass is 335 g/mol. The standard InChI is InChI=1S/C19H21N5O/c1-2-4-12(5-3-1)10-24-11-16(21-23-24)18-20-19(25-22-18)9-15-13-6-7-14(8-13)17(15)19/h1-5,11,13-15,17H,6-10H2,(H,20,22). The maximum atomic E-state index is 6.01. The first-order chi connectivity index (χ1) is 12.3. The van der Waals surface area contributed by atoms with Gasteiger partial charge in [0.2, 0.25) is 0 Å². The minimum atomic E-state index is -0.330. The Labute approximate surface area is 146 Å². The number of aliphatic imine (C=N–C) groups is 1. The van der Waals surface area contributed by atoms with E-state index in [9.17, 15) is 0 Å². The van der Waals surface area contributed by atoms with Crippen LogP contribution in [0.1, 0.15) is 36.9 Å². The van der Waals surface area contributed by atoms with Crippen molar-refractivity contribution in [1.29, 1.82) is 0 Å². The summed E-state index contributed by atoms with van der Waals surface area (Å²) in [5.41, 5.74) is 4.69. The summed E-state index contributed by atoms with van der Waals surface area (Å²) in [6, 6.07) is 10.3. The third-order valence-corrected chi connectivity index (χ3v) is 6.73. The molecule has 1 spiro atoms. The van der Waals surface area contributed by atoms with Gasteiger partial charge in [-0.1, -0.05) is 35.5 Å². The lowest BCUT2D eigenvalue weighted by Crippen LogP contribution is -2.56. The molecule has 6 rings (SSSR count). The van der Waals surface area contributed by atoms with Crippen LogP contribution in [-0.4, -0.2) is 26.6 Å². The van der Waals surface area contributed by atoms with E-state index in [-0.39, 0.29) is 5.72 Å². The van der Waals surface area contributed by atoms with Crippen molar-refractivity contribution in [3.05, 3.63) is 47.8 Å². The van der Waals surface area contributed by atoms with Gasteiger partial charge in [-0.25, -0.2) is 20.0 Å². The Hall–Kier alpha value is -2.21.